The Morgan fingerprint density at radius 1 is 1.29 bits per heavy atom. The number of nitrogen functional groups attached to an aromatic ring is 1. The summed E-state index contributed by atoms with van der Waals surface area (Å²) in [5, 5.41) is 2.35. The van der Waals surface area contributed by atoms with Crippen LogP contribution in [0.3, 0.4) is 0 Å². The van der Waals surface area contributed by atoms with Gasteiger partial charge < -0.3 is 10.7 Å². The van der Waals surface area contributed by atoms with Crippen molar-refractivity contribution in [3.8, 4) is 0 Å². The number of fused-ring (bicyclic) bond motifs is 3. The summed E-state index contributed by atoms with van der Waals surface area (Å²) in [5.74, 6) is 0. The smallest absolute Gasteiger partial charge is 0.103 e. The van der Waals surface area contributed by atoms with E-state index in [9.17, 15) is 0 Å². The molecule has 0 unspecified atom stereocenters. The highest BCUT2D eigenvalue weighted by Gasteiger charge is 2.11. The fourth-order valence-corrected chi connectivity index (χ4v) is 3.52. The first-order chi connectivity index (χ1) is 6.77. The zero-order valence-electron chi connectivity index (χ0n) is 7.17. The third-order valence-electron chi connectivity index (χ3n) is 2.31. The van der Waals surface area contributed by atoms with Gasteiger partial charge in [-0.15, -0.1) is 11.3 Å². The van der Waals surface area contributed by atoms with Gasteiger partial charge in [-0.3, -0.25) is 0 Å². The monoisotopic (exact) mass is 266 g/mol. The Labute approximate surface area is 92.9 Å². The van der Waals surface area contributed by atoms with Gasteiger partial charge in [0.1, 0.15) is 4.83 Å². The molecule has 4 heteroatoms. The van der Waals surface area contributed by atoms with E-state index in [1.807, 2.05) is 18.3 Å². The third-order valence-corrected chi connectivity index (χ3v) is 4.06. The Hall–Kier alpha value is -1.00. The van der Waals surface area contributed by atoms with Gasteiger partial charge in [-0.2, -0.15) is 0 Å². The molecule has 3 rings (SSSR count). The molecular weight excluding hydrogens is 260 g/mol. The molecule has 3 aromatic rings. The second kappa shape index (κ2) is 2.74. The van der Waals surface area contributed by atoms with Crippen LogP contribution >= 0.6 is 27.3 Å². The lowest BCUT2D eigenvalue weighted by atomic mass is 10.2. The van der Waals surface area contributed by atoms with Crippen molar-refractivity contribution in [1.29, 1.82) is 0 Å². The molecule has 0 bridgehead atoms. The molecule has 1 aromatic carbocycles. The minimum atomic E-state index is 0.818. The van der Waals surface area contributed by atoms with Gasteiger partial charge in [0.05, 0.1) is 5.69 Å². The summed E-state index contributed by atoms with van der Waals surface area (Å²) in [7, 11) is 0. The van der Waals surface area contributed by atoms with Crippen LogP contribution in [0.25, 0.3) is 20.3 Å². The van der Waals surface area contributed by atoms with Gasteiger partial charge in [0.25, 0.3) is 0 Å². The van der Waals surface area contributed by atoms with Crippen molar-refractivity contribution >= 4 is 53.3 Å². The average Bonchev–Trinajstić information content (AvgIpc) is 2.67. The maximum atomic E-state index is 5.91. The van der Waals surface area contributed by atoms with Crippen LogP contribution in [0, 0.1) is 0 Å². The lowest BCUT2D eigenvalue weighted by Gasteiger charge is -1.94. The van der Waals surface area contributed by atoms with Crippen molar-refractivity contribution in [2.24, 2.45) is 0 Å². The molecule has 0 aliphatic heterocycles. The summed E-state index contributed by atoms with van der Waals surface area (Å²) in [6.07, 6.45) is 1.85. The highest BCUT2D eigenvalue weighted by Crippen LogP contribution is 2.40. The van der Waals surface area contributed by atoms with Crippen LogP contribution in [0.4, 0.5) is 5.69 Å². The molecule has 3 N–H and O–H groups in total. The van der Waals surface area contributed by atoms with Crippen LogP contribution in [-0.2, 0) is 0 Å². The Kier molecular flexibility index (Phi) is 1.63. The van der Waals surface area contributed by atoms with E-state index in [2.05, 4.69) is 27.0 Å². The first-order valence-electron chi connectivity index (χ1n) is 4.21. The second-order valence-electron chi connectivity index (χ2n) is 3.16. The second-order valence-corrected chi connectivity index (χ2v) is 5.07. The van der Waals surface area contributed by atoms with Crippen molar-refractivity contribution < 1.29 is 0 Å². The zero-order chi connectivity index (χ0) is 9.71. The van der Waals surface area contributed by atoms with Crippen LogP contribution in [0.2, 0.25) is 0 Å². The van der Waals surface area contributed by atoms with E-state index in [1.54, 1.807) is 11.3 Å². The molecule has 0 amide bonds. The number of hydrogen-bond donors (Lipinski definition) is 2. The van der Waals surface area contributed by atoms with Gasteiger partial charge in [-0.25, -0.2) is 0 Å². The molecule has 70 valence electrons. The van der Waals surface area contributed by atoms with Crippen LogP contribution in [0.5, 0.6) is 0 Å². The highest BCUT2D eigenvalue weighted by molar-refractivity contribution is 9.10. The number of hydrogen-bond acceptors (Lipinski definition) is 2. The van der Waals surface area contributed by atoms with Gasteiger partial charge >= 0.3 is 0 Å². The van der Waals surface area contributed by atoms with Gasteiger partial charge in [0, 0.05) is 26.1 Å². The number of thiophene rings is 1. The lowest BCUT2D eigenvalue weighted by molar-refractivity contribution is 1.50. The minimum absolute atomic E-state index is 0.818. The Morgan fingerprint density at radius 3 is 3.00 bits per heavy atom. The van der Waals surface area contributed by atoms with Crippen LogP contribution in [0.15, 0.2) is 28.9 Å². The number of nitrogens with two attached hydrogens (primary N) is 1. The van der Waals surface area contributed by atoms with E-state index >= 15 is 0 Å². The number of halogens is 1. The van der Waals surface area contributed by atoms with Crippen molar-refractivity contribution in [2.45, 2.75) is 0 Å². The van der Waals surface area contributed by atoms with E-state index in [0.29, 0.717) is 0 Å². The molecule has 0 spiro atoms. The Morgan fingerprint density at radius 2 is 2.14 bits per heavy atom. The maximum Gasteiger partial charge on any atom is 0.103 e. The van der Waals surface area contributed by atoms with Gasteiger partial charge in [0.2, 0.25) is 0 Å². The zero-order valence-corrected chi connectivity index (χ0v) is 9.58. The van der Waals surface area contributed by atoms with E-state index in [4.69, 9.17) is 5.73 Å². The largest absolute Gasteiger partial charge is 0.397 e. The SMILES string of the molecule is Nc1c[nH]c2sc3cccc(Br)c3c12. The Bertz CT molecular complexity index is 623. The number of nitrogens with one attached hydrogen (secondary N) is 1. The van der Waals surface area contributed by atoms with E-state index in [1.165, 1.54) is 10.1 Å². The summed E-state index contributed by atoms with van der Waals surface area (Å²) < 4.78 is 2.36. The summed E-state index contributed by atoms with van der Waals surface area (Å²) >= 11 is 5.28. The normalized spacial score (nSPS) is 11.5. The predicted octanol–water partition coefficient (Wildman–Crippen LogP) is 3.73. The van der Waals surface area contributed by atoms with Crippen LogP contribution in [0.1, 0.15) is 0 Å². The predicted molar refractivity (Wildman–Crippen MR) is 65.8 cm³/mol. The molecule has 0 aliphatic rings. The fraction of sp³-hybridized carbons (Fsp3) is 0. The number of H-pyrrole nitrogens is 1. The third kappa shape index (κ3) is 0.952. The average molecular weight is 267 g/mol. The van der Waals surface area contributed by atoms with E-state index in [-0.39, 0.29) is 0 Å². The summed E-state index contributed by atoms with van der Waals surface area (Å²) in [5.41, 5.74) is 6.73. The van der Waals surface area contributed by atoms with Gasteiger partial charge in [-0.05, 0) is 12.1 Å². The summed E-state index contributed by atoms with van der Waals surface area (Å²) in [6, 6.07) is 6.19. The van der Waals surface area contributed by atoms with Crippen molar-refractivity contribution in [3.63, 3.8) is 0 Å². The summed E-state index contributed by atoms with van der Waals surface area (Å²) in [6.45, 7) is 0. The van der Waals surface area contributed by atoms with E-state index < -0.39 is 0 Å². The van der Waals surface area contributed by atoms with Gasteiger partial charge in [-0.1, -0.05) is 22.0 Å². The topological polar surface area (TPSA) is 41.8 Å². The lowest BCUT2D eigenvalue weighted by Crippen LogP contribution is -1.79. The molecule has 0 atom stereocenters. The quantitative estimate of drug-likeness (QED) is 0.640. The number of benzene rings is 1. The first-order valence-corrected chi connectivity index (χ1v) is 5.82. The fourth-order valence-electron chi connectivity index (χ4n) is 1.70. The van der Waals surface area contributed by atoms with Gasteiger partial charge in [0.15, 0.2) is 0 Å². The number of aromatic nitrogens is 1. The van der Waals surface area contributed by atoms with Crippen LogP contribution < -0.4 is 5.73 Å². The van der Waals surface area contributed by atoms with Crippen LogP contribution in [-0.4, -0.2) is 4.98 Å². The molecule has 2 nitrogen and oxygen atoms in total. The minimum Gasteiger partial charge on any atom is -0.397 e. The number of anilines is 1. The maximum absolute atomic E-state index is 5.91. The molecule has 0 radical (unpaired) electrons. The highest BCUT2D eigenvalue weighted by atomic mass is 79.9. The molecule has 0 saturated heterocycles. The molecular formula is C10H7BrN2S. The molecule has 2 aromatic heterocycles. The summed E-state index contributed by atoms with van der Waals surface area (Å²) in [4.78, 5) is 4.32. The Balaban J connectivity index is 2.68. The van der Waals surface area contributed by atoms with E-state index in [0.717, 1.165) is 20.4 Å². The molecule has 14 heavy (non-hydrogen) atoms. The number of rotatable bonds is 0. The number of aromatic amines is 1. The molecule has 2 heterocycles. The molecule has 0 saturated carbocycles. The molecule has 0 aliphatic carbocycles. The first kappa shape index (κ1) is 8.32. The van der Waals surface area contributed by atoms with Crippen molar-refractivity contribution in [2.75, 3.05) is 5.73 Å². The molecule has 0 fully saturated rings. The van der Waals surface area contributed by atoms with Crippen molar-refractivity contribution in [3.05, 3.63) is 28.9 Å². The standard InChI is InChI=1S/C10H7BrN2S/c11-5-2-1-3-7-8(5)9-6(12)4-13-10(9)14-7/h1-4,13H,12H2. The van der Waals surface area contributed by atoms with Crippen molar-refractivity contribution in [1.82, 2.24) is 4.98 Å².